The lowest BCUT2D eigenvalue weighted by molar-refractivity contribution is 0.158. The van der Waals surface area contributed by atoms with Crippen molar-refractivity contribution in [2.75, 3.05) is 26.2 Å². The Labute approximate surface area is 161 Å². The van der Waals surface area contributed by atoms with E-state index in [9.17, 15) is 5.11 Å². The van der Waals surface area contributed by atoms with Gasteiger partial charge in [-0.1, -0.05) is 30.3 Å². The fraction of sp³-hybridized carbons (Fsp3) is 0.476. The normalized spacial score (nSPS) is 19.6. The van der Waals surface area contributed by atoms with Gasteiger partial charge in [-0.25, -0.2) is 0 Å². The van der Waals surface area contributed by atoms with E-state index < -0.39 is 6.10 Å². The molecule has 0 amide bonds. The van der Waals surface area contributed by atoms with Gasteiger partial charge in [0.2, 0.25) is 0 Å². The summed E-state index contributed by atoms with van der Waals surface area (Å²) in [6.45, 7) is 6.18. The van der Waals surface area contributed by atoms with Crippen molar-refractivity contribution >= 4 is 5.96 Å². The molecule has 0 aliphatic carbocycles. The summed E-state index contributed by atoms with van der Waals surface area (Å²) in [4.78, 5) is 7.02. The van der Waals surface area contributed by atoms with Crippen molar-refractivity contribution in [2.24, 2.45) is 4.99 Å². The van der Waals surface area contributed by atoms with E-state index in [4.69, 9.17) is 4.42 Å². The molecule has 6 heteroatoms. The summed E-state index contributed by atoms with van der Waals surface area (Å²) >= 11 is 0. The third-order valence-corrected chi connectivity index (χ3v) is 4.73. The average Bonchev–Trinajstić information content (AvgIpc) is 3.22. The molecular formula is C21H30N4O2. The molecule has 3 N–H and O–H groups in total. The summed E-state index contributed by atoms with van der Waals surface area (Å²) in [5.41, 5.74) is 1.35. The van der Waals surface area contributed by atoms with Gasteiger partial charge in [0.1, 0.15) is 11.9 Å². The van der Waals surface area contributed by atoms with Crippen LogP contribution in [0.2, 0.25) is 0 Å². The van der Waals surface area contributed by atoms with Crippen molar-refractivity contribution < 1.29 is 9.52 Å². The van der Waals surface area contributed by atoms with Crippen molar-refractivity contribution in [2.45, 2.75) is 38.5 Å². The van der Waals surface area contributed by atoms with Crippen LogP contribution in [0.1, 0.15) is 37.2 Å². The van der Waals surface area contributed by atoms with Gasteiger partial charge in [-0.2, -0.15) is 0 Å². The van der Waals surface area contributed by atoms with Gasteiger partial charge in [0.25, 0.3) is 0 Å². The highest BCUT2D eigenvalue weighted by atomic mass is 16.4. The average molecular weight is 370 g/mol. The molecule has 6 nitrogen and oxygen atoms in total. The Hall–Kier alpha value is -2.31. The van der Waals surface area contributed by atoms with Crippen LogP contribution in [0.25, 0.3) is 0 Å². The number of rotatable bonds is 7. The van der Waals surface area contributed by atoms with Gasteiger partial charge in [-0.15, -0.1) is 0 Å². The number of aliphatic imine (C=N–C) groups is 1. The molecule has 27 heavy (non-hydrogen) atoms. The lowest BCUT2D eigenvalue weighted by Crippen LogP contribution is -2.51. The Kier molecular flexibility index (Phi) is 7.30. The largest absolute Gasteiger partial charge is 0.467 e. The predicted molar refractivity (Wildman–Crippen MR) is 108 cm³/mol. The summed E-state index contributed by atoms with van der Waals surface area (Å²) in [6, 6.07) is 14.5. The minimum Gasteiger partial charge on any atom is -0.467 e. The first-order valence-electron chi connectivity index (χ1n) is 9.77. The molecule has 2 aromatic rings. The smallest absolute Gasteiger partial charge is 0.191 e. The van der Waals surface area contributed by atoms with E-state index >= 15 is 0 Å². The van der Waals surface area contributed by atoms with Crippen molar-refractivity contribution in [3.8, 4) is 0 Å². The zero-order valence-corrected chi connectivity index (χ0v) is 16.0. The molecule has 146 valence electrons. The van der Waals surface area contributed by atoms with E-state index in [-0.39, 0.29) is 6.54 Å². The van der Waals surface area contributed by atoms with Crippen LogP contribution in [0.4, 0.5) is 0 Å². The van der Waals surface area contributed by atoms with Crippen LogP contribution in [-0.2, 0) is 6.54 Å². The molecule has 1 aromatic heterocycles. The van der Waals surface area contributed by atoms with Crippen molar-refractivity contribution in [1.82, 2.24) is 15.5 Å². The molecular weight excluding hydrogens is 340 g/mol. The molecule has 1 saturated heterocycles. The van der Waals surface area contributed by atoms with Crippen LogP contribution in [0.5, 0.6) is 0 Å². The summed E-state index contributed by atoms with van der Waals surface area (Å²) in [5, 5.41) is 17.0. The first-order chi connectivity index (χ1) is 13.2. The van der Waals surface area contributed by atoms with Crippen molar-refractivity contribution in [3.63, 3.8) is 0 Å². The lowest BCUT2D eigenvalue weighted by Gasteiger charge is -2.34. The van der Waals surface area contributed by atoms with E-state index in [2.05, 4.69) is 50.9 Å². The zero-order chi connectivity index (χ0) is 18.9. The molecule has 2 atom stereocenters. The monoisotopic (exact) mass is 370 g/mol. The van der Waals surface area contributed by atoms with Gasteiger partial charge in [0.05, 0.1) is 12.8 Å². The highest BCUT2D eigenvalue weighted by Gasteiger charge is 2.21. The van der Waals surface area contributed by atoms with Crippen LogP contribution in [0.3, 0.4) is 0 Å². The van der Waals surface area contributed by atoms with E-state index in [1.54, 1.807) is 18.4 Å². The molecule has 1 fully saturated rings. The first-order valence-corrected chi connectivity index (χ1v) is 9.77. The minimum absolute atomic E-state index is 0.267. The number of hydrogen-bond donors (Lipinski definition) is 3. The highest BCUT2D eigenvalue weighted by Crippen LogP contribution is 2.15. The molecule has 0 spiro atoms. The van der Waals surface area contributed by atoms with Gasteiger partial charge in [-0.05, 0) is 44.0 Å². The number of nitrogens with zero attached hydrogens (tertiary/aromatic N) is 2. The topological polar surface area (TPSA) is 73.0 Å². The fourth-order valence-electron chi connectivity index (χ4n) is 3.42. The summed E-state index contributed by atoms with van der Waals surface area (Å²) in [5.74, 6) is 1.29. The quantitative estimate of drug-likeness (QED) is 0.516. The Bertz CT molecular complexity index is 687. The summed E-state index contributed by atoms with van der Waals surface area (Å²) < 4.78 is 5.24. The number of nitrogens with one attached hydrogen (secondary N) is 2. The maximum atomic E-state index is 10.2. The summed E-state index contributed by atoms with van der Waals surface area (Å²) in [7, 11) is 0. The number of likely N-dealkylation sites (tertiary alicyclic amines) is 1. The Morgan fingerprint density at radius 1 is 1.30 bits per heavy atom. The Balaban J connectivity index is 1.54. The molecule has 2 unspecified atom stereocenters. The number of furan rings is 1. The van der Waals surface area contributed by atoms with E-state index in [1.807, 2.05) is 6.92 Å². The number of hydrogen-bond acceptors (Lipinski definition) is 4. The van der Waals surface area contributed by atoms with Crippen LogP contribution >= 0.6 is 0 Å². The molecule has 0 radical (unpaired) electrons. The Morgan fingerprint density at radius 2 is 2.15 bits per heavy atom. The van der Waals surface area contributed by atoms with Gasteiger partial charge in [0, 0.05) is 25.7 Å². The van der Waals surface area contributed by atoms with Crippen molar-refractivity contribution in [1.29, 1.82) is 0 Å². The first kappa shape index (κ1) is 19.5. The SMILES string of the molecule is CCNC(=NCC(O)c1ccco1)NC1CCCN(Cc2ccccc2)C1. The molecule has 0 saturated carbocycles. The van der Waals surface area contributed by atoms with Gasteiger partial charge in [0.15, 0.2) is 5.96 Å². The second-order valence-electron chi connectivity index (χ2n) is 6.96. The van der Waals surface area contributed by atoms with Crippen LogP contribution in [0, 0.1) is 0 Å². The zero-order valence-electron chi connectivity index (χ0n) is 16.0. The molecule has 0 bridgehead atoms. The lowest BCUT2D eigenvalue weighted by atomic mass is 10.0. The highest BCUT2D eigenvalue weighted by molar-refractivity contribution is 5.80. The standard InChI is InChI=1S/C21H30N4O2/c1-2-22-21(23-14-19(26)20-11-7-13-27-20)24-18-10-6-12-25(16-18)15-17-8-4-3-5-9-17/h3-5,7-9,11,13,18-19,26H,2,6,10,12,14-16H2,1H3,(H2,22,23,24). The molecule has 3 rings (SSSR count). The van der Waals surface area contributed by atoms with Crippen LogP contribution < -0.4 is 10.6 Å². The third-order valence-electron chi connectivity index (χ3n) is 4.73. The number of benzene rings is 1. The number of guanidine groups is 1. The van der Waals surface area contributed by atoms with Gasteiger partial charge in [-0.3, -0.25) is 9.89 Å². The number of piperidine rings is 1. The van der Waals surface area contributed by atoms with Crippen LogP contribution in [0.15, 0.2) is 58.1 Å². The second kappa shape index (κ2) is 10.1. The van der Waals surface area contributed by atoms with Crippen molar-refractivity contribution in [3.05, 3.63) is 60.1 Å². The molecule has 1 aromatic carbocycles. The fourth-order valence-corrected chi connectivity index (χ4v) is 3.42. The van der Waals surface area contributed by atoms with E-state index in [1.165, 1.54) is 12.0 Å². The molecule has 1 aliphatic heterocycles. The molecule has 1 aliphatic rings. The van der Waals surface area contributed by atoms with E-state index in [0.29, 0.717) is 11.8 Å². The predicted octanol–water partition coefficient (Wildman–Crippen LogP) is 2.53. The third kappa shape index (κ3) is 6.12. The second-order valence-corrected chi connectivity index (χ2v) is 6.96. The van der Waals surface area contributed by atoms with E-state index in [0.717, 1.165) is 38.6 Å². The number of aliphatic hydroxyl groups is 1. The van der Waals surface area contributed by atoms with Gasteiger partial charge < -0.3 is 20.2 Å². The van der Waals surface area contributed by atoms with Crippen LogP contribution in [-0.4, -0.2) is 48.2 Å². The summed E-state index contributed by atoms with van der Waals surface area (Å²) in [6.07, 6.45) is 3.13. The minimum atomic E-state index is -0.726. The molecule has 2 heterocycles. The maximum absolute atomic E-state index is 10.2. The Morgan fingerprint density at radius 3 is 2.89 bits per heavy atom. The maximum Gasteiger partial charge on any atom is 0.191 e. The van der Waals surface area contributed by atoms with Gasteiger partial charge >= 0.3 is 0 Å². The number of aliphatic hydroxyl groups excluding tert-OH is 1.